The molecule has 110 valence electrons. The van der Waals surface area contributed by atoms with Gasteiger partial charge in [0.15, 0.2) is 11.4 Å². The van der Waals surface area contributed by atoms with Crippen LogP contribution in [0.2, 0.25) is 5.02 Å². The van der Waals surface area contributed by atoms with Crippen molar-refractivity contribution in [2.45, 2.75) is 13.1 Å². The number of rotatable bonds is 2. The van der Waals surface area contributed by atoms with Gasteiger partial charge in [-0.25, -0.2) is 4.68 Å². The van der Waals surface area contributed by atoms with Gasteiger partial charge in [-0.2, -0.15) is 18.4 Å². The SMILES string of the molecule is COc1cc(Cl)c(C)cc1-n1nnc(C#N)c1C(F)(F)F. The van der Waals surface area contributed by atoms with Crippen LogP contribution in [-0.2, 0) is 6.18 Å². The van der Waals surface area contributed by atoms with E-state index in [4.69, 9.17) is 21.6 Å². The van der Waals surface area contributed by atoms with Crippen molar-refractivity contribution in [2.75, 3.05) is 7.11 Å². The second kappa shape index (κ2) is 5.26. The van der Waals surface area contributed by atoms with Crippen LogP contribution in [0.1, 0.15) is 17.0 Å². The van der Waals surface area contributed by atoms with Gasteiger partial charge in [0, 0.05) is 11.1 Å². The molecule has 0 radical (unpaired) electrons. The molecule has 0 bridgehead atoms. The van der Waals surface area contributed by atoms with E-state index in [0.717, 1.165) is 0 Å². The Morgan fingerprint density at radius 2 is 2.05 bits per heavy atom. The van der Waals surface area contributed by atoms with E-state index in [0.29, 0.717) is 15.3 Å². The number of hydrogen-bond donors (Lipinski definition) is 0. The number of halogens is 4. The lowest BCUT2D eigenvalue weighted by Gasteiger charge is -2.14. The van der Waals surface area contributed by atoms with Gasteiger partial charge >= 0.3 is 6.18 Å². The molecule has 0 saturated carbocycles. The first kappa shape index (κ1) is 15.1. The van der Waals surface area contributed by atoms with Crippen LogP contribution in [0.15, 0.2) is 12.1 Å². The van der Waals surface area contributed by atoms with Gasteiger partial charge in [0.05, 0.1) is 7.11 Å². The molecule has 1 heterocycles. The number of alkyl halides is 3. The van der Waals surface area contributed by atoms with Crippen LogP contribution in [0.5, 0.6) is 5.75 Å². The zero-order valence-electron chi connectivity index (χ0n) is 10.9. The molecule has 2 rings (SSSR count). The van der Waals surface area contributed by atoms with Crippen molar-refractivity contribution in [3.8, 4) is 17.5 Å². The summed E-state index contributed by atoms with van der Waals surface area (Å²) in [6.07, 6.45) is -4.78. The highest BCUT2D eigenvalue weighted by Gasteiger charge is 2.40. The van der Waals surface area contributed by atoms with Crippen LogP contribution < -0.4 is 4.74 Å². The smallest absolute Gasteiger partial charge is 0.436 e. The number of ether oxygens (including phenoxy) is 1. The standard InChI is InChI=1S/C12H8ClF3N4O/c1-6-3-9(10(21-2)4-7(6)13)20-11(12(14,15)16)8(5-17)18-19-20/h3-4H,1-2H3. The van der Waals surface area contributed by atoms with Crippen LogP contribution in [0, 0.1) is 18.3 Å². The second-order valence-electron chi connectivity index (χ2n) is 4.08. The zero-order chi connectivity index (χ0) is 15.8. The summed E-state index contributed by atoms with van der Waals surface area (Å²) >= 11 is 5.91. The Bertz CT molecular complexity index is 733. The summed E-state index contributed by atoms with van der Waals surface area (Å²) in [4.78, 5) is 0. The van der Waals surface area contributed by atoms with E-state index in [-0.39, 0.29) is 11.4 Å². The van der Waals surface area contributed by atoms with Gasteiger partial charge in [0.1, 0.15) is 17.5 Å². The third-order valence-corrected chi connectivity index (χ3v) is 3.14. The second-order valence-corrected chi connectivity index (χ2v) is 4.49. The highest BCUT2D eigenvalue weighted by atomic mass is 35.5. The van der Waals surface area contributed by atoms with Gasteiger partial charge in [-0.1, -0.05) is 16.8 Å². The Morgan fingerprint density at radius 1 is 1.38 bits per heavy atom. The van der Waals surface area contributed by atoms with Gasteiger partial charge in [0.25, 0.3) is 0 Å². The molecule has 0 amide bonds. The Labute approximate surface area is 122 Å². The Kier molecular flexibility index (Phi) is 3.78. The van der Waals surface area contributed by atoms with Gasteiger partial charge in [-0.05, 0) is 18.6 Å². The molecule has 9 heteroatoms. The maximum absolute atomic E-state index is 13.1. The molecule has 0 aliphatic carbocycles. The number of benzene rings is 1. The first-order valence-electron chi connectivity index (χ1n) is 5.57. The molecule has 0 N–H and O–H groups in total. The molecule has 2 aromatic rings. The quantitative estimate of drug-likeness (QED) is 0.854. The minimum Gasteiger partial charge on any atom is -0.494 e. The van der Waals surface area contributed by atoms with E-state index >= 15 is 0 Å². The number of hydrogen-bond acceptors (Lipinski definition) is 4. The average molecular weight is 317 g/mol. The fourth-order valence-corrected chi connectivity index (χ4v) is 1.91. The Morgan fingerprint density at radius 3 is 2.57 bits per heavy atom. The van der Waals surface area contributed by atoms with Gasteiger partial charge in [-0.15, -0.1) is 5.10 Å². The van der Waals surface area contributed by atoms with E-state index in [1.807, 2.05) is 0 Å². The lowest BCUT2D eigenvalue weighted by atomic mass is 10.2. The molecule has 5 nitrogen and oxygen atoms in total. The van der Waals surface area contributed by atoms with Crippen molar-refractivity contribution in [3.05, 3.63) is 34.1 Å². The summed E-state index contributed by atoms with van der Waals surface area (Å²) in [5.41, 5.74) is -1.53. The van der Waals surface area contributed by atoms with Gasteiger partial charge in [-0.3, -0.25) is 0 Å². The topological polar surface area (TPSA) is 63.7 Å². The maximum Gasteiger partial charge on any atom is 0.436 e. The number of aryl methyl sites for hydroxylation is 1. The first-order valence-corrected chi connectivity index (χ1v) is 5.95. The molecule has 0 spiro atoms. The van der Waals surface area contributed by atoms with E-state index in [9.17, 15) is 13.2 Å². The largest absolute Gasteiger partial charge is 0.494 e. The highest BCUT2D eigenvalue weighted by molar-refractivity contribution is 6.31. The maximum atomic E-state index is 13.1. The number of nitriles is 1. The minimum atomic E-state index is -4.78. The van der Waals surface area contributed by atoms with E-state index in [1.165, 1.54) is 25.3 Å². The van der Waals surface area contributed by atoms with Gasteiger partial charge < -0.3 is 4.74 Å². The zero-order valence-corrected chi connectivity index (χ0v) is 11.6. The first-order chi connectivity index (χ1) is 9.79. The molecule has 1 aromatic carbocycles. The molecule has 21 heavy (non-hydrogen) atoms. The fourth-order valence-electron chi connectivity index (χ4n) is 1.76. The number of methoxy groups -OCH3 is 1. The molecule has 1 aromatic heterocycles. The molecule has 0 aliphatic heterocycles. The Balaban J connectivity index is 2.77. The summed E-state index contributed by atoms with van der Waals surface area (Å²) in [6.45, 7) is 1.63. The summed E-state index contributed by atoms with van der Waals surface area (Å²) in [7, 11) is 1.29. The van der Waals surface area contributed by atoms with Crippen LogP contribution in [-0.4, -0.2) is 22.1 Å². The normalized spacial score (nSPS) is 11.3. The monoisotopic (exact) mass is 316 g/mol. The molecule has 0 aliphatic rings. The third-order valence-electron chi connectivity index (χ3n) is 2.73. The van der Waals surface area contributed by atoms with Crippen LogP contribution >= 0.6 is 11.6 Å². The summed E-state index contributed by atoms with van der Waals surface area (Å²) in [6, 6.07) is 4.13. The van der Waals surface area contributed by atoms with Crippen LogP contribution in [0.4, 0.5) is 13.2 Å². The highest BCUT2D eigenvalue weighted by Crippen LogP contribution is 2.36. The number of aromatic nitrogens is 3. The molecular weight excluding hydrogens is 309 g/mol. The summed E-state index contributed by atoms with van der Waals surface area (Å²) < 4.78 is 44.9. The predicted molar refractivity (Wildman–Crippen MR) is 67.4 cm³/mol. The van der Waals surface area contributed by atoms with E-state index in [1.54, 1.807) is 6.92 Å². The van der Waals surface area contributed by atoms with Crippen molar-refractivity contribution >= 4 is 11.6 Å². The Hall–Kier alpha value is -2.27. The van der Waals surface area contributed by atoms with Crippen molar-refractivity contribution in [2.24, 2.45) is 0 Å². The van der Waals surface area contributed by atoms with Crippen molar-refractivity contribution < 1.29 is 17.9 Å². The number of nitrogens with zero attached hydrogens (tertiary/aromatic N) is 4. The van der Waals surface area contributed by atoms with Crippen molar-refractivity contribution in [1.82, 2.24) is 15.0 Å². The van der Waals surface area contributed by atoms with E-state index in [2.05, 4.69) is 10.3 Å². The minimum absolute atomic E-state index is 0.000671. The lowest BCUT2D eigenvalue weighted by molar-refractivity contribution is -0.143. The lowest BCUT2D eigenvalue weighted by Crippen LogP contribution is -2.15. The molecule has 0 atom stereocenters. The predicted octanol–water partition coefficient (Wildman–Crippen LogP) is 3.13. The molecule has 0 fully saturated rings. The van der Waals surface area contributed by atoms with E-state index < -0.39 is 17.6 Å². The molecule has 0 unspecified atom stereocenters. The third kappa shape index (κ3) is 2.64. The van der Waals surface area contributed by atoms with Crippen molar-refractivity contribution in [3.63, 3.8) is 0 Å². The molecule has 0 saturated heterocycles. The van der Waals surface area contributed by atoms with Crippen LogP contribution in [0.3, 0.4) is 0 Å². The molecular formula is C12H8ClF3N4O. The van der Waals surface area contributed by atoms with Crippen molar-refractivity contribution in [1.29, 1.82) is 5.26 Å². The summed E-state index contributed by atoms with van der Waals surface area (Å²) in [5, 5.41) is 15.7. The average Bonchev–Trinajstić information content (AvgIpc) is 2.85. The van der Waals surface area contributed by atoms with Gasteiger partial charge in [0.2, 0.25) is 0 Å². The summed E-state index contributed by atoms with van der Waals surface area (Å²) in [5.74, 6) is 0.0884. The van der Waals surface area contributed by atoms with Crippen LogP contribution in [0.25, 0.3) is 5.69 Å². The fraction of sp³-hybridized carbons (Fsp3) is 0.250.